The van der Waals surface area contributed by atoms with Crippen LogP contribution in [0.3, 0.4) is 0 Å². The predicted molar refractivity (Wildman–Crippen MR) is 78.8 cm³/mol. The van der Waals surface area contributed by atoms with E-state index >= 15 is 0 Å². The molecular formula is C14H20N4O3. The van der Waals surface area contributed by atoms with Crippen LogP contribution in [0, 0.1) is 15.5 Å². The molecule has 1 saturated carbocycles. The summed E-state index contributed by atoms with van der Waals surface area (Å²) in [6.45, 7) is 4.33. The first-order valence-corrected chi connectivity index (χ1v) is 6.99. The summed E-state index contributed by atoms with van der Waals surface area (Å²) < 4.78 is 0. The first-order chi connectivity index (χ1) is 9.78. The Kier molecular flexibility index (Phi) is 4.11. The van der Waals surface area contributed by atoms with Gasteiger partial charge in [-0.05, 0) is 30.7 Å². The molecule has 0 aromatic carbocycles. The molecular weight excluding hydrogens is 272 g/mol. The fourth-order valence-electron chi connectivity index (χ4n) is 2.88. The van der Waals surface area contributed by atoms with Crippen LogP contribution in [-0.2, 0) is 0 Å². The summed E-state index contributed by atoms with van der Waals surface area (Å²) in [4.78, 5) is 26.3. The molecule has 7 nitrogen and oxygen atoms in total. The summed E-state index contributed by atoms with van der Waals surface area (Å²) in [5.41, 5.74) is 5.35. The van der Waals surface area contributed by atoms with Gasteiger partial charge in [-0.1, -0.05) is 20.3 Å². The van der Waals surface area contributed by atoms with Gasteiger partial charge in [-0.3, -0.25) is 14.9 Å². The van der Waals surface area contributed by atoms with Gasteiger partial charge < -0.3 is 11.1 Å². The second kappa shape index (κ2) is 5.67. The van der Waals surface area contributed by atoms with Gasteiger partial charge in [0.05, 0.1) is 4.92 Å². The Morgan fingerprint density at radius 2 is 2.29 bits per heavy atom. The molecule has 0 spiro atoms. The number of carbonyl (C=O) groups is 1. The Morgan fingerprint density at radius 3 is 2.90 bits per heavy atom. The largest absolute Gasteiger partial charge is 0.384 e. The van der Waals surface area contributed by atoms with Crippen LogP contribution in [0.4, 0.5) is 11.5 Å². The lowest BCUT2D eigenvalue weighted by Crippen LogP contribution is -2.40. The zero-order valence-electron chi connectivity index (χ0n) is 12.3. The second-order valence-corrected chi connectivity index (χ2v) is 6.31. The maximum Gasteiger partial charge on any atom is 0.300 e. The first-order valence-electron chi connectivity index (χ1n) is 6.99. The third kappa shape index (κ3) is 3.68. The van der Waals surface area contributed by atoms with Crippen molar-refractivity contribution >= 4 is 17.4 Å². The lowest BCUT2D eigenvalue weighted by atomic mass is 9.75. The molecule has 114 valence electrons. The number of nitro groups is 1. The highest BCUT2D eigenvalue weighted by molar-refractivity contribution is 5.98. The Morgan fingerprint density at radius 1 is 1.57 bits per heavy atom. The molecule has 0 aliphatic heterocycles. The van der Waals surface area contributed by atoms with Crippen LogP contribution in [0.1, 0.15) is 49.9 Å². The van der Waals surface area contributed by atoms with Gasteiger partial charge >= 0.3 is 0 Å². The number of nitrogens with two attached hydrogens (primary N) is 1. The number of nitrogens with zero attached hydrogens (tertiary/aromatic N) is 2. The van der Waals surface area contributed by atoms with Crippen molar-refractivity contribution < 1.29 is 9.72 Å². The first kappa shape index (κ1) is 15.2. The van der Waals surface area contributed by atoms with Crippen LogP contribution in [0.15, 0.2) is 12.3 Å². The van der Waals surface area contributed by atoms with Gasteiger partial charge in [0.25, 0.3) is 11.6 Å². The van der Waals surface area contributed by atoms with E-state index < -0.39 is 10.8 Å². The molecule has 21 heavy (non-hydrogen) atoms. The van der Waals surface area contributed by atoms with E-state index in [1.165, 1.54) is 6.07 Å². The molecule has 1 unspecified atom stereocenters. The Labute approximate surface area is 123 Å². The molecule has 7 heteroatoms. The van der Waals surface area contributed by atoms with Gasteiger partial charge in [0.15, 0.2) is 0 Å². The Hall–Kier alpha value is -2.18. The average molecular weight is 292 g/mol. The van der Waals surface area contributed by atoms with Crippen molar-refractivity contribution in [2.24, 2.45) is 5.41 Å². The van der Waals surface area contributed by atoms with Crippen LogP contribution in [0.25, 0.3) is 0 Å². The van der Waals surface area contributed by atoms with E-state index in [1.54, 1.807) is 0 Å². The number of rotatable bonds is 3. The quantitative estimate of drug-likeness (QED) is 0.655. The van der Waals surface area contributed by atoms with E-state index in [2.05, 4.69) is 24.1 Å². The number of anilines is 1. The lowest BCUT2D eigenvalue weighted by Gasteiger charge is -2.35. The highest BCUT2D eigenvalue weighted by Crippen LogP contribution is 2.35. The molecule has 1 atom stereocenters. The summed E-state index contributed by atoms with van der Waals surface area (Å²) in [6.07, 6.45) is 4.95. The van der Waals surface area contributed by atoms with Crippen molar-refractivity contribution in [2.75, 3.05) is 5.73 Å². The summed E-state index contributed by atoms with van der Waals surface area (Å²) in [7, 11) is 0. The van der Waals surface area contributed by atoms with E-state index in [0.29, 0.717) is 0 Å². The minimum Gasteiger partial charge on any atom is -0.384 e. The average Bonchev–Trinajstić information content (AvgIpc) is 2.36. The number of hydrogen-bond donors (Lipinski definition) is 2. The van der Waals surface area contributed by atoms with E-state index in [0.717, 1.165) is 31.9 Å². The molecule has 0 saturated heterocycles. The molecule has 1 aliphatic carbocycles. The Bertz CT molecular complexity index is 571. The van der Waals surface area contributed by atoms with Crippen molar-refractivity contribution in [1.29, 1.82) is 0 Å². The molecule has 3 N–H and O–H groups in total. The molecule has 1 aromatic heterocycles. The molecule has 1 amide bonds. The zero-order chi connectivity index (χ0) is 15.6. The maximum atomic E-state index is 12.3. The van der Waals surface area contributed by atoms with Crippen LogP contribution in [0.2, 0.25) is 0 Å². The third-order valence-corrected chi connectivity index (χ3v) is 3.89. The number of pyridine rings is 1. The third-order valence-electron chi connectivity index (χ3n) is 3.89. The predicted octanol–water partition coefficient (Wildman–Crippen LogP) is 2.27. The zero-order valence-corrected chi connectivity index (χ0v) is 12.3. The van der Waals surface area contributed by atoms with Gasteiger partial charge in [0.1, 0.15) is 17.6 Å². The van der Waals surface area contributed by atoms with Crippen LogP contribution < -0.4 is 11.1 Å². The molecule has 1 aliphatic rings. The number of carbonyl (C=O) groups excluding carboxylic acids is 1. The number of hydrogen-bond acceptors (Lipinski definition) is 5. The monoisotopic (exact) mass is 292 g/mol. The normalized spacial score (nSPS) is 20.8. The number of nitrogens with one attached hydrogen (secondary N) is 1. The lowest BCUT2D eigenvalue weighted by molar-refractivity contribution is -0.385. The summed E-state index contributed by atoms with van der Waals surface area (Å²) in [6, 6.07) is 1.29. The van der Waals surface area contributed by atoms with Crippen LogP contribution in [0.5, 0.6) is 0 Å². The highest BCUT2D eigenvalue weighted by atomic mass is 16.6. The molecule has 1 fully saturated rings. The molecule has 2 rings (SSSR count). The maximum absolute atomic E-state index is 12.3. The second-order valence-electron chi connectivity index (χ2n) is 6.31. The minimum atomic E-state index is -0.619. The van der Waals surface area contributed by atoms with Crippen molar-refractivity contribution in [3.8, 4) is 0 Å². The summed E-state index contributed by atoms with van der Waals surface area (Å²) in [5, 5.41) is 13.9. The Balaban J connectivity index is 2.17. The minimum absolute atomic E-state index is 0.0316. The molecule has 1 heterocycles. The van der Waals surface area contributed by atoms with Crippen molar-refractivity contribution in [1.82, 2.24) is 10.3 Å². The number of amides is 1. The van der Waals surface area contributed by atoms with E-state index in [4.69, 9.17) is 5.73 Å². The smallest absolute Gasteiger partial charge is 0.300 e. The number of nitrogen functional groups attached to an aromatic ring is 1. The van der Waals surface area contributed by atoms with Gasteiger partial charge in [0, 0.05) is 6.04 Å². The number of aromatic nitrogens is 1. The van der Waals surface area contributed by atoms with Gasteiger partial charge in [-0.15, -0.1) is 0 Å². The van der Waals surface area contributed by atoms with Gasteiger partial charge in [-0.2, -0.15) is 0 Å². The van der Waals surface area contributed by atoms with Crippen molar-refractivity contribution in [3.05, 3.63) is 27.9 Å². The van der Waals surface area contributed by atoms with Gasteiger partial charge in [0.2, 0.25) is 0 Å². The fourth-order valence-corrected chi connectivity index (χ4v) is 2.88. The van der Waals surface area contributed by atoms with Crippen LogP contribution in [-0.4, -0.2) is 21.9 Å². The van der Waals surface area contributed by atoms with E-state index in [1.807, 2.05) is 0 Å². The fraction of sp³-hybridized carbons (Fsp3) is 0.571. The van der Waals surface area contributed by atoms with E-state index in [-0.39, 0.29) is 28.5 Å². The highest BCUT2D eigenvalue weighted by Gasteiger charge is 2.30. The summed E-state index contributed by atoms with van der Waals surface area (Å²) in [5.74, 6) is -0.367. The van der Waals surface area contributed by atoms with Gasteiger partial charge in [-0.25, -0.2) is 4.98 Å². The summed E-state index contributed by atoms with van der Waals surface area (Å²) >= 11 is 0. The van der Waals surface area contributed by atoms with Crippen LogP contribution >= 0.6 is 0 Å². The molecule has 0 radical (unpaired) electrons. The van der Waals surface area contributed by atoms with Crippen molar-refractivity contribution in [2.45, 2.75) is 45.6 Å². The molecule has 0 bridgehead atoms. The molecule has 1 aromatic rings. The standard InChI is InChI=1S/C14H20N4O3/c1-14(2)5-3-4-9(7-14)17-13(19)10-6-12(15)16-8-11(10)18(20)21/h6,8-9H,3-5,7H2,1-2H3,(H2,15,16)(H,17,19). The topological polar surface area (TPSA) is 111 Å². The van der Waals surface area contributed by atoms with E-state index in [9.17, 15) is 14.9 Å². The van der Waals surface area contributed by atoms with Crippen molar-refractivity contribution in [3.63, 3.8) is 0 Å². The SMILES string of the molecule is CC1(C)CCCC(NC(=O)c2cc(N)ncc2[N+](=O)[O-])C1.